The Hall–Kier alpha value is -1.82. The zero-order chi connectivity index (χ0) is 13.5. The van der Waals surface area contributed by atoms with Gasteiger partial charge in [-0.2, -0.15) is 0 Å². The molecule has 0 saturated heterocycles. The largest absolute Gasteiger partial charge is 0.494 e. The fourth-order valence-corrected chi connectivity index (χ4v) is 1.57. The topological polar surface area (TPSA) is 73.6 Å². The van der Waals surface area contributed by atoms with Crippen LogP contribution in [0.1, 0.15) is 6.92 Å². The van der Waals surface area contributed by atoms with Gasteiger partial charge in [0.15, 0.2) is 0 Å². The number of hydrogen-bond acceptors (Lipinski definition) is 5. The molecule has 1 unspecified atom stereocenters. The van der Waals surface area contributed by atoms with Crippen LogP contribution < -0.4 is 10.1 Å². The first kappa shape index (κ1) is 14.2. The lowest BCUT2D eigenvalue weighted by Crippen LogP contribution is -2.16. The molecule has 100 valence electrons. The standard InChI is InChI=1S/C12H18N2O4/c1-9(8-17-2)7-13-11-5-4-10(14(15)16)6-12(11)18-3/h4-6,9,13H,7-8H2,1-3H3. The predicted octanol–water partition coefficient (Wildman–Crippen LogP) is 2.30. The summed E-state index contributed by atoms with van der Waals surface area (Å²) in [5.41, 5.74) is 0.758. The Bertz CT molecular complexity index is 409. The van der Waals surface area contributed by atoms with Crippen molar-refractivity contribution in [1.29, 1.82) is 0 Å². The number of non-ortho nitro benzene ring substituents is 1. The molecule has 6 nitrogen and oxygen atoms in total. The van der Waals surface area contributed by atoms with Gasteiger partial charge in [-0.25, -0.2) is 0 Å². The van der Waals surface area contributed by atoms with Crippen molar-refractivity contribution < 1.29 is 14.4 Å². The van der Waals surface area contributed by atoms with Crippen molar-refractivity contribution in [3.8, 4) is 5.75 Å². The number of anilines is 1. The molecule has 0 bridgehead atoms. The lowest BCUT2D eigenvalue weighted by Gasteiger charge is -2.14. The maximum absolute atomic E-state index is 10.6. The maximum atomic E-state index is 10.6. The third-order valence-electron chi connectivity index (χ3n) is 2.49. The van der Waals surface area contributed by atoms with Gasteiger partial charge in [0, 0.05) is 19.7 Å². The second-order valence-electron chi connectivity index (χ2n) is 4.08. The van der Waals surface area contributed by atoms with Crippen LogP contribution in [0.15, 0.2) is 18.2 Å². The molecule has 0 heterocycles. The summed E-state index contributed by atoms with van der Waals surface area (Å²) in [5, 5.41) is 13.8. The zero-order valence-corrected chi connectivity index (χ0v) is 10.8. The van der Waals surface area contributed by atoms with Crippen molar-refractivity contribution in [2.75, 3.05) is 32.7 Å². The van der Waals surface area contributed by atoms with Crippen LogP contribution in [-0.2, 0) is 4.74 Å². The fourth-order valence-electron chi connectivity index (χ4n) is 1.57. The first-order valence-electron chi connectivity index (χ1n) is 5.63. The number of benzene rings is 1. The Morgan fingerprint density at radius 1 is 1.44 bits per heavy atom. The summed E-state index contributed by atoms with van der Waals surface area (Å²) >= 11 is 0. The molecule has 1 atom stereocenters. The van der Waals surface area contributed by atoms with Crippen LogP contribution in [0, 0.1) is 16.0 Å². The molecule has 0 aromatic heterocycles. The fraction of sp³-hybridized carbons (Fsp3) is 0.500. The molecule has 0 aliphatic rings. The van der Waals surface area contributed by atoms with Gasteiger partial charge >= 0.3 is 0 Å². The molecule has 0 spiro atoms. The van der Waals surface area contributed by atoms with Crippen LogP contribution in [0.3, 0.4) is 0 Å². The van der Waals surface area contributed by atoms with Crippen LogP contribution in [0.2, 0.25) is 0 Å². The Morgan fingerprint density at radius 2 is 2.17 bits per heavy atom. The van der Waals surface area contributed by atoms with Gasteiger partial charge < -0.3 is 14.8 Å². The van der Waals surface area contributed by atoms with Crippen LogP contribution in [0.4, 0.5) is 11.4 Å². The zero-order valence-electron chi connectivity index (χ0n) is 10.8. The lowest BCUT2D eigenvalue weighted by atomic mass is 10.2. The first-order chi connectivity index (χ1) is 8.58. The van der Waals surface area contributed by atoms with Gasteiger partial charge in [0.1, 0.15) is 5.75 Å². The van der Waals surface area contributed by atoms with E-state index in [1.165, 1.54) is 19.2 Å². The third-order valence-corrected chi connectivity index (χ3v) is 2.49. The highest BCUT2D eigenvalue weighted by atomic mass is 16.6. The number of ether oxygens (including phenoxy) is 2. The molecular weight excluding hydrogens is 236 g/mol. The van der Waals surface area contributed by atoms with E-state index in [2.05, 4.69) is 5.32 Å². The molecule has 0 radical (unpaired) electrons. The van der Waals surface area contributed by atoms with E-state index in [0.29, 0.717) is 24.8 Å². The number of hydrogen-bond donors (Lipinski definition) is 1. The van der Waals surface area contributed by atoms with E-state index in [0.717, 1.165) is 5.69 Å². The van der Waals surface area contributed by atoms with E-state index >= 15 is 0 Å². The Kier molecular flexibility index (Phi) is 5.38. The number of rotatable bonds is 7. The maximum Gasteiger partial charge on any atom is 0.273 e. The van der Waals surface area contributed by atoms with E-state index in [4.69, 9.17) is 9.47 Å². The molecule has 1 N–H and O–H groups in total. The van der Waals surface area contributed by atoms with Gasteiger partial charge in [-0.1, -0.05) is 6.92 Å². The molecule has 6 heteroatoms. The van der Waals surface area contributed by atoms with Crippen molar-refractivity contribution in [1.82, 2.24) is 0 Å². The number of nitro benzene ring substituents is 1. The molecule has 0 aliphatic carbocycles. The molecule has 0 fully saturated rings. The predicted molar refractivity (Wildman–Crippen MR) is 69.2 cm³/mol. The van der Waals surface area contributed by atoms with Gasteiger partial charge in [-0.05, 0) is 12.0 Å². The monoisotopic (exact) mass is 254 g/mol. The first-order valence-corrected chi connectivity index (χ1v) is 5.63. The van der Waals surface area contributed by atoms with Crippen molar-refractivity contribution >= 4 is 11.4 Å². The van der Waals surface area contributed by atoms with Crippen LogP contribution in [0.25, 0.3) is 0 Å². The summed E-state index contributed by atoms with van der Waals surface area (Å²) < 4.78 is 10.2. The van der Waals surface area contributed by atoms with Crippen molar-refractivity contribution in [2.45, 2.75) is 6.92 Å². The average Bonchev–Trinajstić information content (AvgIpc) is 2.36. The summed E-state index contributed by atoms with van der Waals surface area (Å²) in [7, 11) is 3.14. The average molecular weight is 254 g/mol. The number of nitrogens with zero attached hydrogens (tertiary/aromatic N) is 1. The minimum absolute atomic E-state index is 0.0161. The molecular formula is C12H18N2O4. The molecule has 1 aromatic rings. The smallest absolute Gasteiger partial charge is 0.273 e. The van der Waals surface area contributed by atoms with Gasteiger partial charge in [0.25, 0.3) is 5.69 Å². The normalized spacial score (nSPS) is 11.9. The third kappa shape index (κ3) is 3.89. The summed E-state index contributed by atoms with van der Waals surface area (Å²) in [6, 6.07) is 4.51. The second kappa shape index (κ2) is 6.80. The molecule has 1 aromatic carbocycles. The van der Waals surface area contributed by atoms with Gasteiger partial charge in [0.05, 0.1) is 30.4 Å². The summed E-state index contributed by atoms with van der Waals surface area (Å²) in [4.78, 5) is 10.2. The number of nitro groups is 1. The molecule has 0 saturated carbocycles. The molecule has 0 amide bonds. The lowest BCUT2D eigenvalue weighted by molar-refractivity contribution is -0.384. The molecule has 0 aliphatic heterocycles. The van der Waals surface area contributed by atoms with Gasteiger partial charge in [-0.3, -0.25) is 10.1 Å². The number of methoxy groups -OCH3 is 2. The second-order valence-corrected chi connectivity index (χ2v) is 4.08. The van der Waals surface area contributed by atoms with Crippen LogP contribution in [0.5, 0.6) is 5.75 Å². The Labute approximate surface area is 106 Å². The SMILES string of the molecule is COCC(C)CNc1ccc([N+](=O)[O-])cc1OC. The van der Waals surface area contributed by atoms with Gasteiger partial charge in [0.2, 0.25) is 0 Å². The summed E-state index contributed by atoms with van der Waals surface area (Å²) in [6.45, 7) is 3.42. The highest BCUT2D eigenvalue weighted by Crippen LogP contribution is 2.29. The number of nitrogens with one attached hydrogen (secondary N) is 1. The van der Waals surface area contributed by atoms with E-state index < -0.39 is 4.92 Å². The van der Waals surface area contributed by atoms with E-state index in [1.807, 2.05) is 6.92 Å². The van der Waals surface area contributed by atoms with E-state index in [-0.39, 0.29) is 5.69 Å². The van der Waals surface area contributed by atoms with Crippen molar-refractivity contribution in [3.63, 3.8) is 0 Å². The van der Waals surface area contributed by atoms with E-state index in [1.54, 1.807) is 13.2 Å². The van der Waals surface area contributed by atoms with Gasteiger partial charge in [-0.15, -0.1) is 0 Å². The minimum Gasteiger partial charge on any atom is -0.494 e. The Balaban J connectivity index is 2.73. The van der Waals surface area contributed by atoms with E-state index in [9.17, 15) is 10.1 Å². The quantitative estimate of drug-likeness (QED) is 0.597. The van der Waals surface area contributed by atoms with Crippen molar-refractivity contribution in [2.24, 2.45) is 5.92 Å². The Morgan fingerprint density at radius 3 is 2.72 bits per heavy atom. The molecule has 18 heavy (non-hydrogen) atoms. The van der Waals surface area contributed by atoms with Crippen LogP contribution >= 0.6 is 0 Å². The summed E-state index contributed by atoms with van der Waals surface area (Å²) in [6.07, 6.45) is 0. The summed E-state index contributed by atoms with van der Waals surface area (Å²) in [5.74, 6) is 0.809. The van der Waals surface area contributed by atoms with Crippen molar-refractivity contribution in [3.05, 3.63) is 28.3 Å². The molecule has 1 rings (SSSR count). The minimum atomic E-state index is -0.445. The van der Waals surface area contributed by atoms with Crippen LogP contribution in [-0.4, -0.2) is 32.3 Å². The highest BCUT2D eigenvalue weighted by Gasteiger charge is 2.11. The highest BCUT2D eigenvalue weighted by molar-refractivity contribution is 5.60.